The molecule has 1 amide bonds. The first kappa shape index (κ1) is 11.5. The van der Waals surface area contributed by atoms with Crippen molar-refractivity contribution >= 4 is 21.8 Å². The van der Waals surface area contributed by atoms with Gasteiger partial charge in [-0.2, -0.15) is 0 Å². The van der Waals surface area contributed by atoms with Crippen molar-refractivity contribution in [3.63, 3.8) is 0 Å². The molecule has 1 rings (SSSR count). The lowest BCUT2D eigenvalue weighted by atomic mass is 10.2. The number of rotatable bonds is 2. The van der Waals surface area contributed by atoms with E-state index < -0.39 is 6.35 Å². The van der Waals surface area contributed by atoms with Crippen LogP contribution in [-0.4, -0.2) is 23.2 Å². The van der Waals surface area contributed by atoms with Crippen LogP contribution in [0.2, 0.25) is 0 Å². The standard InChI is InChI=1S/C9H14BrN2O2/c1-4-5(2)12-8(13)7(10)6(3)11-9(12)14/h5,9,11H,4H2,1-3H3/q-1. The van der Waals surface area contributed by atoms with Gasteiger partial charge in [0.1, 0.15) is 4.48 Å². The fraction of sp³-hybridized carbons (Fsp3) is 0.667. The second-order valence-corrected chi connectivity index (χ2v) is 4.20. The fourth-order valence-electron chi connectivity index (χ4n) is 1.33. The number of carbonyl (C=O) groups is 1. The van der Waals surface area contributed by atoms with Crippen molar-refractivity contribution in [2.24, 2.45) is 0 Å². The molecule has 2 unspecified atom stereocenters. The van der Waals surface area contributed by atoms with Crippen molar-refractivity contribution < 1.29 is 9.90 Å². The van der Waals surface area contributed by atoms with Gasteiger partial charge in [0.05, 0.1) is 0 Å². The molecule has 1 N–H and O–H groups in total. The molecule has 1 aliphatic rings. The summed E-state index contributed by atoms with van der Waals surface area (Å²) < 4.78 is 0.449. The normalized spacial score (nSPS) is 25.1. The van der Waals surface area contributed by atoms with Crippen molar-refractivity contribution in [3.8, 4) is 0 Å². The van der Waals surface area contributed by atoms with Crippen LogP contribution >= 0.6 is 15.9 Å². The highest BCUT2D eigenvalue weighted by Crippen LogP contribution is 2.21. The largest absolute Gasteiger partial charge is 0.820 e. The van der Waals surface area contributed by atoms with Crippen molar-refractivity contribution in [2.45, 2.75) is 39.6 Å². The quantitative estimate of drug-likeness (QED) is 0.787. The predicted octanol–water partition coefficient (Wildman–Crippen LogP) is 0.487. The summed E-state index contributed by atoms with van der Waals surface area (Å²) in [6, 6.07) is -0.0434. The van der Waals surface area contributed by atoms with Crippen LogP contribution in [0, 0.1) is 0 Å². The third-order valence-corrected chi connectivity index (χ3v) is 3.34. The molecule has 2 atom stereocenters. The molecule has 0 spiro atoms. The Morgan fingerprint density at radius 1 is 1.71 bits per heavy atom. The summed E-state index contributed by atoms with van der Waals surface area (Å²) in [4.78, 5) is 13.0. The lowest BCUT2D eigenvalue weighted by Crippen LogP contribution is -2.61. The number of nitrogens with one attached hydrogen (secondary N) is 1. The van der Waals surface area contributed by atoms with E-state index in [1.807, 2.05) is 13.8 Å². The van der Waals surface area contributed by atoms with E-state index in [4.69, 9.17) is 0 Å². The van der Waals surface area contributed by atoms with E-state index >= 15 is 0 Å². The van der Waals surface area contributed by atoms with Gasteiger partial charge in [0, 0.05) is 18.1 Å². The summed E-state index contributed by atoms with van der Waals surface area (Å²) in [6.07, 6.45) is -0.398. The fourth-order valence-corrected chi connectivity index (χ4v) is 1.65. The highest BCUT2D eigenvalue weighted by Gasteiger charge is 2.28. The van der Waals surface area contributed by atoms with Gasteiger partial charge < -0.3 is 15.3 Å². The second kappa shape index (κ2) is 4.31. The molecule has 0 saturated carbocycles. The first-order valence-corrected chi connectivity index (χ1v) is 5.39. The molecule has 4 nitrogen and oxygen atoms in total. The highest BCUT2D eigenvalue weighted by atomic mass is 79.9. The maximum absolute atomic E-state index is 11.7. The van der Waals surface area contributed by atoms with E-state index in [-0.39, 0.29) is 11.9 Å². The molecule has 14 heavy (non-hydrogen) atoms. The van der Waals surface area contributed by atoms with Crippen molar-refractivity contribution in [3.05, 3.63) is 10.2 Å². The van der Waals surface area contributed by atoms with Gasteiger partial charge in [-0.1, -0.05) is 6.92 Å². The van der Waals surface area contributed by atoms with Gasteiger partial charge in [-0.05, 0) is 36.2 Å². The van der Waals surface area contributed by atoms with Gasteiger partial charge >= 0.3 is 0 Å². The molecule has 1 aliphatic heterocycles. The Morgan fingerprint density at radius 3 is 2.79 bits per heavy atom. The molecule has 0 aliphatic carbocycles. The smallest absolute Gasteiger partial charge is 0.263 e. The van der Waals surface area contributed by atoms with E-state index in [1.165, 1.54) is 4.90 Å². The molecular weight excluding hydrogens is 248 g/mol. The first-order valence-electron chi connectivity index (χ1n) is 4.60. The van der Waals surface area contributed by atoms with Crippen LogP contribution in [0.5, 0.6) is 0 Å². The van der Waals surface area contributed by atoms with Crippen LogP contribution in [0.1, 0.15) is 27.2 Å². The number of hydrogen-bond donors (Lipinski definition) is 1. The second-order valence-electron chi connectivity index (χ2n) is 3.41. The number of carbonyl (C=O) groups excluding carboxylic acids is 1. The predicted molar refractivity (Wildman–Crippen MR) is 55.1 cm³/mol. The molecule has 5 heteroatoms. The van der Waals surface area contributed by atoms with Gasteiger partial charge in [0.25, 0.3) is 5.91 Å². The summed E-state index contributed by atoms with van der Waals surface area (Å²) in [7, 11) is 0. The summed E-state index contributed by atoms with van der Waals surface area (Å²) in [6.45, 7) is 5.52. The SMILES string of the molecule is CCC(C)N1C(=O)C(Br)=C(C)NC1[O-]. The molecule has 0 bridgehead atoms. The number of amides is 1. The summed E-state index contributed by atoms with van der Waals surface area (Å²) in [5.41, 5.74) is 0.606. The monoisotopic (exact) mass is 261 g/mol. The summed E-state index contributed by atoms with van der Waals surface area (Å²) in [5, 5.41) is 14.3. The maximum atomic E-state index is 11.7. The average Bonchev–Trinajstić information content (AvgIpc) is 2.14. The molecule has 0 aromatic heterocycles. The van der Waals surface area contributed by atoms with E-state index in [0.717, 1.165) is 6.42 Å². The maximum Gasteiger partial charge on any atom is 0.263 e. The topological polar surface area (TPSA) is 55.4 Å². The highest BCUT2D eigenvalue weighted by molar-refractivity contribution is 9.12. The molecular formula is C9H14BrN2O2-. The Bertz CT molecular complexity index is 278. The molecule has 80 valence electrons. The third-order valence-electron chi connectivity index (χ3n) is 2.41. The van der Waals surface area contributed by atoms with Crippen LogP contribution in [0.25, 0.3) is 0 Å². The van der Waals surface area contributed by atoms with Crippen LogP contribution in [0.15, 0.2) is 10.2 Å². The zero-order valence-corrected chi connectivity index (χ0v) is 10.1. The van der Waals surface area contributed by atoms with E-state index in [1.54, 1.807) is 6.92 Å². The lowest BCUT2D eigenvalue weighted by molar-refractivity contribution is -0.462. The zero-order valence-electron chi connectivity index (χ0n) is 8.50. The van der Waals surface area contributed by atoms with Gasteiger partial charge in [-0.3, -0.25) is 4.79 Å². The average molecular weight is 262 g/mol. The Balaban J connectivity index is 2.94. The number of nitrogens with zero attached hydrogens (tertiary/aromatic N) is 1. The zero-order chi connectivity index (χ0) is 10.9. The van der Waals surface area contributed by atoms with Crippen LogP contribution in [0.3, 0.4) is 0 Å². The van der Waals surface area contributed by atoms with Crippen LogP contribution in [-0.2, 0) is 4.79 Å². The summed E-state index contributed by atoms with van der Waals surface area (Å²) in [5.74, 6) is -0.226. The minimum atomic E-state index is -1.17. The molecule has 0 radical (unpaired) electrons. The van der Waals surface area contributed by atoms with Crippen molar-refractivity contribution in [2.75, 3.05) is 0 Å². The minimum Gasteiger partial charge on any atom is -0.820 e. The first-order chi connectivity index (χ1) is 6.49. The lowest BCUT2D eigenvalue weighted by Gasteiger charge is -2.44. The van der Waals surface area contributed by atoms with E-state index in [0.29, 0.717) is 10.2 Å². The minimum absolute atomic E-state index is 0.0434. The Kier molecular flexibility index (Phi) is 3.55. The molecule has 0 aromatic rings. The molecule has 0 aromatic carbocycles. The summed E-state index contributed by atoms with van der Waals surface area (Å²) >= 11 is 3.17. The van der Waals surface area contributed by atoms with Gasteiger partial charge in [0.2, 0.25) is 0 Å². The Morgan fingerprint density at radius 2 is 2.29 bits per heavy atom. The number of hydrogen-bond acceptors (Lipinski definition) is 3. The van der Waals surface area contributed by atoms with Gasteiger partial charge in [-0.15, -0.1) is 0 Å². The van der Waals surface area contributed by atoms with Crippen molar-refractivity contribution in [1.29, 1.82) is 0 Å². The van der Waals surface area contributed by atoms with Crippen LogP contribution in [0.4, 0.5) is 0 Å². The Labute approximate surface area is 92.1 Å². The van der Waals surface area contributed by atoms with Gasteiger partial charge in [0.15, 0.2) is 0 Å². The van der Waals surface area contributed by atoms with E-state index in [9.17, 15) is 9.90 Å². The van der Waals surface area contributed by atoms with Gasteiger partial charge in [-0.25, -0.2) is 0 Å². The molecule has 1 heterocycles. The molecule has 0 fully saturated rings. The van der Waals surface area contributed by atoms with Crippen molar-refractivity contribution in [1.82, 2.24) is 10.2 Å². The number of halogens is 1. The van der Waals surface area contributed by atoms with E-state index in [2.05, 4.69) is 21.2 Å². The number of allylic oxidation sites excluding steroid dienone is 1. The van der Waals surface area contributed by atoms with Crippen LogP contribution < -0.4 is 10.4 Å². The Hall–Kier alpha value is -0.550. The third kappa shape index (κ3) is 1.93. The molecule has 0 saturated heterocycles.